The van der Waals surface area contributed by atoms with E-state index in [1.54, 1.807) is 12.1 Å². The first-order chi connectivity index (χ1) is 12.2. The summed E-state index contributed by atoms with van der Waals surface area (Å²) in [4.78, 5) is 4.90. The fourth-order valence-electron chi connectivity index (χ4n) is 3.84. The molecular formula is C20H21ClFN3. The zero-order valence-electron chi connectivity index (χ0n) is 14.0. The van der Waals surface area contributed by atoms with Crippen molar-refractivity contribution in [1.29, 1.82) is 0 Å². The van der Waals surface area contributed by atoms with Crippen molar-refractivity contribution in [3.8, 4) is 0 Å². The number of para-hydroxylation sites is 1. The molecule has 2 aliphatic rings. The number of piperidine rings is 1. The van der Waals surface area contributed by atoms with Gasteiger partial charge in [0.25, 0.3) is 0 Å². The molecule has 0 amide bonds. The number of anilines is 1. The van der Waals surface area contributed by atoms with E-state index >= 15 is 0 Å². The number of nitrogens with zero attached hydrogens (tertiary/aromatic N) is 1. The molecule has 1 spiro atoms. The summed E-state index contributed by atoms with van der Waals surface area (Å²) >= 11 is 5.90. The van der Waals surface area contributed by atoms with Crippen LogP contribution in [0.2, 0.25) is 5.02 Å². The Kier molecular flexibility index (Phi) is 4.48. The van der Waals surface area contributed by atoms with E-state index in [1.807, 2.05) is 6.07 Å². The Hall–Kier alpha value is -1.91. The van der Waals surface area contributed by atoms with Crippen LogP contribution in [0.3, 0.4) is 0 Å². The summed E-state index contributed by atoms with van der Waals surface area (Å²) in [5.74, 6) is 0.658. The maximum atomic E-state index is 13.4. The number of amidine groups is 1. The molecule has 0 bridgehead atoms. The summed E-state index contributed by atoms with van der Waals surface area (Å²) < 4.78 is 13.4. The maximum Gasteiger partial charge on any atom is 0.141 e. The van der Waals surface area contributed by atoms with E-state index in [-0.39, 0.29) is 10.4 Å². The second-order valence-corrected chi connectivity index (χ2v) is 7.31. The molecule has 130 valence electrons. The SMILES string of the molecule is Fc1ccc(CN=C2Nc3ccccc3CC23CCNCC3)cc1Cl. The van der Waals surface area contributed by atoms with Crippen LogP contribution < -0.4 is 10.6 Å². The second kappa shape index (κ2) is 6.77. The second-order valence-electron chi connectivity index (χ2n) is 6.90. The van der Waals surface area contributed by atoms with Crippen molar-refractivity contribution in [2.24, 2.45) is 10.4 Å². The van der Waals surface area contributed by atoms with Gasteiger partial charge in [-0.3, -0.25) is 4.99 Å². The summed E-state index contributed by atoms with van der Waals surface area (Å²) in [6.07, 6.45) is 3.15. The summed E-state index contributed by atoms with van der Waals surface area (Å²) in [6.45, 7) is 2.51. The van der Waals surface area contributed by atoms with Crippen LogP contribution in [0.1, 0.15) is 24.0 Å². The van der Waals surface area contributed by atoms with E-state index in [0.29, 0.717) is 6.54 Å². The first-order valence-corrected chi connectivity index (χ1v) is 9.09. The van der Waals surface area contributed by atoms with Gasteiger partial charge in [-0.15, -0.1) is 0 Å². The number of nitrogens with one attached hydrogen (secondary N) is 2. The largest absolute Gasteiger partial charge is 0.343 e. The molecule has 1 saturated heterocycles. The Morgan fingerprint density at radius 1 is 1.12 bits per heavy atom. The normalized spacial score (nSPS) is 20.3. The third-order valence-electron chi connectivity index (χ3n) is 5.27. The lowest BCUT2D eigenvalue weighted by molar-refractivity contribution is 0.293. The number of rotatable bonds is 2. The van der Waals surface area contributed by atoms with E-state index in [2.05, 4.69) is 28.8 Å². The fourth-order valence-corrected chi connectivity index (χ4v) is 4.04. The molecule has 4 rings (SSSR count). The van der Waals surface area contributed by atoms with E-state index in [9.17, 15) is 4.39 Å². The van der Waals surface area contributed by atoms with Gasteiger partial charge in [0.2, 0.25) is 0 Å². The molecule has 3 nitrogen and oxygen atoms in total. The predicted octanol–water partition coefficient (Wildman–Crippen LogP) is 4.42. The average Bonchev–Trinajstić information content (AvgIpc) is 2.63. The highest BCUT2D eigenvalue weighted by molar-refractivity contribution is 6.30. The van der Waals surface area contributed by atoms with E-state index in [0.717, 1.165) is 49.4 Å². The quantitative estimate of drug-likeness (QED) is 0.835. The van der Waals surface area contributed by atoms with Crippen LogP contribution in [0.4, 0.5) is 10.1 Å². The molecule has 0 atom stereocenters. The summed E-state index contributed by atoms with van der Waals surface area (Å²) in [7, 11) is 0. The summed E-state index contributed by atoms with van der Waals surface area (Å²) in [5.41, 5.74) is 3.48. The molecule has 2 aliphatic heterocycles. The number of halogens is 2. The van der Waals surface area contributed by atoms with Gasteiger partial charge in [0.05, 0.1) is 11.6 Å². The molecule has 2 aromatic carbocycles. The standard InChI is InChI=1S/C20H21ClFN3/c21-16-11-14(5-6-17(16)22)13-24-19-20(7-9-23-10-8-20)12-15-3-1-2-4-18(15)25-19/h1-6,11,23H,7-10,12-13H2,(H,24,25). The van der Waals surface area contributed by atoms with Gasteiger partial charge in [-0.25, -0.2) is 4.39 Å². The minimum absolute atomic E-state index is 0.0590. The molecule has 25 heavy (non-hydrogen) atoms. The Labute approximate surface area is 152 Å². The molecule has 1 fully saturated rings. The first kappa shape index (κ1) is 16.6. The molecular weight excluding hydrogens is 337 g/mol. The third-order valence-corrected chi connectivity index (χ3v) is 5.56. The summed E-state index contributed by atoms with van der Waals surface area (Å²) in [5, 5.41) is 7.16. The van der Waals surface area contributed by atoms with Crippen molar-refractivity contribution in [3.63, 3.8) is 0 Å². The van der Waals surface area contributed by atoms with Crippen LogP contribution in [0, 0.1) is 11.2 Å². The monoisotopic (exact) mass is 357 g/mol. The highest BCUT2D eigenvalue weighted by atomic mass is 35.5. The lowest BCUT2D eigenvalue weighted by Gasteiger charge is -2.42. The van der Waals surface area contributed by atoms with Gasteiger partial charge in [-0.05, 0) is 61.7 Å². The average molecular weight is 358 g/mol. The molecule has 2 N–H and O–H groups in total. The Bertz CT molecular complexity index is 812. The van der Waals surface area contributed by atoms with Crippen molar-refractivity contribution in [2.45, 2.75) is 25.8 Å². The van der Waals surface area contributed by atoms with Crippen molar-refractivity contribution in [3.05, 3.63) is 64.4 Å². The van der Waals surface area contributed by atoms with Crippen molar-refractivity contribution in [2.75, 3.05) is 18.4 Å². The van der Waals surface area contributed by atoms with Gasteiger partial charge in [-0.1, -0.05) is 35.9 Å². The fraction of sp³-hybridized carbons (Fsp3) is 0.350. The highest BCUT2D eigenvalue weighted by Gasteiger charge is 2.40. The van der Waals surface area contributed by atoms with Crippen LogP contribution in [0.5, 0.6) is 0 Å². The van der Waals surface area contributed by atoms with Crippen LogP contribution in [-0.4, -0.2) is 18.9 Å². The zero-order chi connectivity index (χ0) is 17.3. The maximum absolute atomic E-state index is 13.4. The Morgan fingerprint density at radius 2 is 1.92 bits per heavy atom. The third kappa shape index (κ3) is 3.29. The molecule has 0 radical (unpaired) electrons. The molecule has 0 unspecified atom stereocenters. The van der Waals surface area contributed by atoms with Gasteiger partial charge in [0, 0.05) is 11.1 Å². The van der Waals surface area contributed by atoms with Gasteiger partial charge in [-0.2, -0.15) is 0 Å². The molecule has 2 aromatic rings. The summed E-state index contributed by atoms with van der Waals surface area (Å²) in [6, 6.07) is 13.3. The number of hydrogen-bond acceptors (Lipinski definition) is 2. The number of aliphatic imine (C=N–C) groups is 1. The van der Waals surface area contributed by atoms with Crippen LogP contribution in [-0.2, 0) is 13.0 Å². The van der Waals surface area contributed by atoms with Crippen LogP contribution >= 0.6 is 11.6 Å². The zero-order valence-corrected chi connectivity index (χ0v) is 14.7. The van der Waals surface area contributed by atoms with Crippen LogP contribution in [0.25, 0.3) is 0 Å². The van der Waals surface area contributed by atoms with Gasteiger partial charge in [0.1, 0.15) is 11.7 Å². The minimum atomic E-state index is -0.391. The number of benzene rings is 2. The predicted molar refractivity (Wildman–Crippen MR) is 101 cm³/mol. The number of hydrogen-bond donors (Lipinski definition) is 2. The Balaban J connectivity index is 1.66. The Morgan fingerprint density at radius 3 is 2.72 bits per heavy atom. The topological polar surface area (TPSA) is 36.4 Å². The van der Waals surface area contributed by atoms with E-state index in [4.69, 9.17) is 16.6 Å². The minimum Gasteiger partial charge on any atom is -0.343 e. The molecule has 0 aliphatic carbocycles. The van der Waals surface area contributed by atoms with Gasteiger partial charge < -0.3 is 10.6 Å². The lowest BCUT2D eigenvalue weighted by Crippen LogP contribution is -2.48. The molecule has 5 heteroatoms. The first-order valence-electron chi connectivity index (χ1n) is 8.71. The number of fused-ring (bicyclic) bond motifs is 1. The van der Waals surface area contributed by atoms with E-state index < -0.39 is 5.82 Å². The van der Waals surface area contributed by atoms with Gasteiger partial charge in [0.15, 0.2) is 0 Å². The molecule has 0 saturated carbocycles. The van der Waals surface area contributed by atoms with E-state index in [1.165, 1.54) is 11.6 Å². The van der Waals surface area contributed by atoms with Crippen molar-refractivity contribution < 1.29 is 4.39 Å². The van der Waals surface area contributed by atoms with Gasteiger partial charge >= 0.3 is 0 Å². The smallest absolute Gasteiger partial charge is 0.141 e. The highest BCUT2D eigenvalue weighted by Crippen LogP contribution is 2.40. The lowest BCUT2D eigenvalue weighted by atomic mass is 9.71. The molecule has 0 aromatic heterocycles. The van der Waals surface area contributed by atoms with Crippen molar-refractivity contribution in [1.82, 2.24) is 5.32 Å². The van der Waals surface area contributed by atoms with Crippen LogP contribution in [0.15, 0.2) is 47.5 Å². The van der Waals surface area contributed by atoms with Crippen molar-refractivity contribution >= 4 is 23.1 Å². The molecule has 2 heterocycles.